The molecule has 0 unspecified atom stereocenters. The summed E-state index contributed by atoms with van der Waals surface area (Å²) >= 11 is 0. The fourth-order valence-corrected chi connectivity index (χ4v) is 0. The van der Waals surface area contributed by atoms with Crippen molar-refractivity contribution in [2.75, 3.05) is 6.26 Å². The Hall–Kier alpha value is 0.429. The summed E-state index contributed by atoms with van der Waals surface area (Å²) in [6.45, 7) is 0. The van der Waals surface area contributed by atoms with Crippen LogP contribution in [0.3, 0.4) is 0 Å². The van der Waals surface area contributed by atoms with Gasteiger partial charge in [0.25, 0.3) is 10.1 Å². The number of hydrogen-bond donors (Lipinski definition) is 1. The Kier molecular flexibility index (Phi) is 4.15. The van der Waals surface area contributed by atoms with Gasteiger partial charge < -0.3 is 0 Å². The first-order chi connectivity index (χ1) is 2.00. The third kappa shape index (κ3) is 282. The molecule has 6 heavy (non-hydrogen) atoms. The van der Waals surface area contributed by atoms with Gasteiger partial charge in [0, 0.05) is 0 Å². The molecule has 0 fully saturated rings. The normalized spacial score (nSPS) is 9.67. The van der Waals surface area contributed by atoms with E-state index in [4.69, 9.17) is 4.55 Å². The van der Waals surface area contributed by atoms with Crippen LogP contribution in [0.15, 0.2) is 0 Å². The van der Waals surface area contributed by atoms with Gasteiger partial charge in [-0.05, 0) is 0 Å². The largest absolute Gasteiger partial charge is 2.00 e. The molecule has 0 spiro atoms. The first-order valence-electron chi connectivity index (χ1n) is 0.924. The maximum absolute atomic E-state index is 9.19. The second-order valence-corrected chi connectivity index (χ2v) is 2.20. The Bertz CT molecular complexity index is 94.0. The first kappa shape index (κ1) is 9.66. The molecular weight excluding hydrogens is 156 g/mol. The molecule has 5 heteroatoms. The zero-order chi connectivity index (χ0) is 4.50. The summed E-state index contributed by atoms with van der Waals surface area (Å²) in [4.78, 5) is 0. The summed E-state index contributed by atoms with van der Waals surface area (Å²) in [6, 6.07) is 0. The first-order valence-corrected chi connectivity index (χ1v) is 2.77. The van der Waals surface area contributed by atoms with E-state index in [2.05, 4.69) is 0 Å². The molecule has 1 radical (unpaired) electrons. The van der Waals surface area contributed by atoms with E-state index in [-0.39, 0.29) is 17.1 Å². The molecule has 0 aliphatic carbocycles. The second-order valence-electron chi connectivity index (χ2n) is 0.733. The third-order valence-electron chi connectivity index (χ3n) is 0. The van der Waals surface area contributed by atoms with Crippen LogP contribution in [-0.2, 0) is 27.2 Å². The summed E-state index contributed by atoms with van der Waals surface area (Å²) in [5.41, 5.74) is 0. The number of hydrogen-bond acceptors (Lipinski definition) is 2. The maximum Gasteiger partial charge on any atom is 2.00 e. The molecule has 0 heterocycles. The van der Waals surface area contributed by atoms with E-state index in [0.29, 0.717) is 6.26 Å². The van der Waals surface area contributed by atoms with Gasteiger partial charge in [0.1, 0.15) is 0 Å². The van der Waals surface area contributed by atoms with Gasteiger partial charge in [-0.3, -0.25) is 4.55 Å². The molecule has 0 aromatic heterocycles. The van der Waals surface area contributed by atoms with Crippen molar-refractivity contribution in [3.05, 3.63) is 0 Å². The maximum atomic E-state index is 9.19. The van der Waals surface area contributed by atoms with Crippen molar-refractivity contribution in [3.8, 4) is 0 Å². The molecule has 0 atom stereocenters. The molecule has 0 aromatic carbocycles. The van der Waals surface area contributed by atoms with Gasteiger partial charge in [-0.2, -0.15) is 8.42 Å². The van der Waals surface area contributed by atoms with Gasteiger partial charge in [0.05, 0.1) is 6.26 Å². The van der Waals surface area contributed by atoms with E-state index in [1.807, 2.05) is 0 Å². The second kappa shape index (κ2) is 2.58. The van der Waals surface area contributed by atoms with Gasteiger partial charge in [-0.15, -0.1) is 0 Å². The quantitative estimate of drug-likeness (QED) is 0.383. The van der Waals surface area contributed by atoms with Crippen LogP contribution in [0.2, 0.25) is 0 Å². The predicted octanol–water partition coefficient (Wildman–Crippen LogP) is -0.498. The van der Waals surface area contributed by atoms with Gasteiger partial charge >= 0.3 is 17.1 Å². The molecule has 0 rings (SSSR count). The predicted molar refractivity (Wildman–Crippen MR) is 17.5 cm³/mol. The average molecular weight is 160 g/mol. The summed E-state index contributed by atoms with van der Waals surface area (Å²) in [5.74, 6) is 0. The Morgan fingerprint density at radius 1 is 1.50 bits per heavy atom. The van der Waals surface area contributed by atoms with Gasteiger partial charge in [-0.1, -0.05) is 0 Å². The standard InChI is InChI=1S/CH4O3S.Cu/c1-5(2,3)4;/h1H3,(H,2,3,4);/q;+2. The molecule has 41 valence electrons. The van der Waals surface area contributed by atoms with Gasteiger partial charge in [0.15, 0.2) is 0 Å². The van der Waals surface area contributed by atoms with Crippen molar-refractivity contribution in [2.45, 2.75) is 0 Å². The fourth-order valence-electron chi connectivity index (χ4n) is 0. The fraction of sp³-hybridized carbons (Fsp3) is 1.00. The summed E-state index contributed by atoms with van der Waals surface area (Å²) < 4.78 is 25.9. The van der Waals surface area contributed by atoms with Crippen molar-refractivity contribution in [1.82, 2.24) is 0 Å². The van der Waals surface area contributed by atoms with Crippen LogP contribution in [0.1, 0.15) is 0 Å². The molecule has 0 amide bonds. The molecule has 0 saturated heterocycles. The monoisotopic (exact) mass is 159 g/mol. The van der Waals surface area contributed by atoms with Crippen LogP contribution in [0.4, 0.5) is 0 Å². The minimum Gasteiger partial charge on any atom is -0.286 e. The molecular formula is CH4CuO3S+2. The Morgan fingerprint density at radius 3 is 1.50 bits per heavy atom. The van der Waals surface area contributed by atoms with E-state index in [9.17, 15) is 8.42 Å². The summed E-state index contributed by atoms with van der Waals surface area (Å²) in [7, 11) is -3.67. The molecule has 0 saturated carbocycles. The van der Waals surface area contributed by atoms with Gasteiger partial charge in [0.2, 0.25) is 0 Å². The van der Waals surface area contributed by atoms with Crippen LogP contribution in [0.5, 0.6) is 0 Å². The average Bonchev–Trinajstić information content (AvgIpc) is 0.722. The van der Waals surface area contributed by atoms with Crippen molar-refractivity contribution in [3.63, 3.8) is 0 Å². The Labute approximate surface area is 47.0 Å². The third-order valence-corrected chi connectivity index (χ3v) is 0. The zero-order valence-electron chi connectivity index (χ0n) is 2.97. The van der Waals surface area contributed by atoms with Crippen LogP contribution in [0.25, 0.3) is 0 Å². The van der Waals surface area contributed by atoms with E-state index in [1.54, 1.807) is 0 Å². The van der Waals surface area contributed by atoms with Crippen LogP contribution < -0.4 is 0 Å². The minimum absolute atomic E-state index is 0. The molecule has 0 aliphatic rings. The van der Waals surface area contributed by atoms with Crippen molar-refractivity contribution >= 4 is 10.1 Å². The van der Waals surface area contributed by atoms with E-state index < -0.39 is 10.1 Å². The van der Waals surface area contributed by atoms with Crippen LogP contribution >= 0.6 is 0 Å². The van der Waals surface area contributed by atoms with Crippen molar-refractivity contribution in [2.24, 2.45) is 0 Å². The topological polar surface area (TPSA) is 54.4 Å². The summed E-state index contributed by atoms with van der Waals surface area (Å²) in [5, 5.41) is 0. The number of rotatable bonds is 0. The van der Waals surface area contributed by atoms with E-state index in [0.717, 1.165) is 0 Å². The van der Waals surface area contributed by atoms with E-state index in [1.165, 1.54) is 0 Å². The smallest absolute Gasteiger partial charge is 0.286 e. The molecule has 3 nitrogen and oxygen atoms in total. The van der Waals surface area contributed by atoms with Crippen molar-refractivity contribution < 1.29 is 30.0 Å². The van der Waals surface area contributed by atoms with E-state index >= 15 is 0 Å². The Morgan fingerprint density at radius 2 is 1.50 bits per heavy atom. The van der Waals surface area contributed by atoms with Crippen molar-refractivity contribution in [1.29, 1.82) is 0 Å². The van der Waals surface area contributed by atoms with Crippen LogP contribution in [-0.4, -0.2) is 19.2 Å². The molecule has 1 N–H and O–H groups in total. The SMILES string of the molecule is CS(=O)(=O)O.[Cu+2]. The molecule has 0 aliphatic heterocycles. The molecule has 0 bridgehead atoms. The molecule has 0 aromatic rings. The summed E-state index contributed by atoms with van der Waals surface area (Å²) in [6.07, 6.45) is 0.715. The Balaban J connectivity index is 0. The zero-order valence-corrected chi connectivity index (χ0v) is 4.73. The van der Waals surface area contributed by atoms with Crippen LogP contribution in [0, 0.1) is 0 Å². The van der Waals surface area contributed by atoms with Gasteiger partial charge in [-0.25, -0.2) is 0 Å². The minimum atomic E-state index is -3.67.